The van der Waals surface area contributed by atoms with Crippen molar-refractivity contribution in [1.82, 2.24) is 10.2 Å². The monoisotopic (exact) mass is 254 g/mol. The summed E-state index contributed by atoms with van der Waals surface area (Å²) in [5, 5.41) is 3.29. The molecule has 1 fully saturated rings. The highest BCUT2D eigenvalue weighted by atomic mass is 19.1. The third-order valence-corrected chi connectivity index (χ3v) is 3.78. The number of nitrogens with one attached hydrogen (secondary N) is 1. The molecule has 100 valence electrons. The highest BCUT2D eigenvalue weighted by Gasteiger charge is 2.28. The molecule has 1 heterocycles. The zero-order valence-electron chi connectivity index (χ0n) is 10.9. The minimum Gasteiger partial charge on any atom is -0.315 e. The maximum Gasteiger partial charge on any atom is 0.130 e. The summed E-state index contributed by atoms with van der Waals surface area (Å²) in [6.07, 6.45) is 1.04. The summed E-state index contributed by atoms with van der Waals surface area (Å²) in [5.74, 6) is -0.904. The van der Waals surface area contributed by atoms with Gasteiger partial charge in [-0.15, -0.1) is 0 Å². The van der Waals surface area contributed by atoms with E-state index in [0.29, 0.717) is 6.04 Å². The van der Waals surface area contributed by atoms with Crippen LogP contribution in [0.25, 0.3) is 0 Å². The molecule has 0 amide bonds. The van der Waals surface area contributed by atoms with Gasteiger partial charge in [0, 0.05) is 24.2 Å². The summed E-state index contributed by atoms with van der Waals surface area (Å²) in [6, 6.07) is 4.20. The van der Waals surface area contributed by atoms with Gasteiger partial charge in [-0.3, -0.25) is 4.90 Å². The van der Waals surface area contributed by atoms with Crippen LogP contribution in [0.1, 0.15) is 31.9 Å². The zero-order valence-corrected chi connectivity index (χ0v) is 10.9. The molecule has 0 saturated carbocycles. The summed E-state index contributed by atoms with van der Waals surface area (Å²) in [7, 11) is 0. The van der Waals surface area contributed by atoms with E-state index in [2.05, 4.69) is 10.2 Å². The first-order chi connectivity index (χ1) is 8.65. The predicted octanol–water partition coefficient (Wildman–Crippen LogP) is 2.71. The van der Waals surface area contributed by atoms with Crippen LogP contribution in [0.4, 0.5) is 8.78 Å². The molecule has 2 unspecified atom stereocenters. The van der Waals surface area contributed by atoms with Crippen LogP contribution >= 0.6 is 0 Å². The lowest BCUT2D eigenvalue weighted by atomic mass is 10.0. The second kappa shape index (κ2) is 5.76. The number of benzene rings is 1. The van der Waals surface area contributed by atoms with Crippen LogP contribution in [-0.2, 0) is 0 Å². The van der Waals surface area contributed by atoms with Gasteiger partial charge in [-0.2, -0.15) is 0 Å². The summed E-state index contributed by atoms with van der Waals surface area (Å²) in [4.78, 5) is 2.17. The SMILES string of the molecule is CCN(C1CCNC1)C(C)c1c(F)cccc1F. The Kier molecular flexibility index (Phi) is 4.30. The van der Waals surface area contributed by atoms with E-state index in [1.165, 1.54) is 18.2 Å². The van der Waals surface area contributed by atoms with Crippen LogP contribution in [0.5, 0.6) is 0 Å². The van der Waals surface area contributed by atoms with Gasteiger partial charge in [0.25, 0.3) is 0 Å². The van der Waals surface area contributed by atoms with Crippen LogP contribution in [-0.4, -0.2) is 30.6 Å². The molecule has 18 heavy (non-hydrogen) atoms. The van der Waals surface area contributed by atoms with Gasteiger partial charge in [0.2, 0.25) is 0 Å². The third kappa shape index (κ3) is 2.54. The Morgan fingerprint density at radius 3 is 2.56 bits per heavy atom. The van der Waals surface area contributed by atoms with E-state index in [0.717, 1.165) is 26.1 Å². The molecular formula is C14H20F2N2. The second-order valence-electron chi connectivity index (χ2n) is 4.79. The minimum absolute atomic E-state index is 0.186. The van der Waals surface area contributed by atoms with E-state index in [1.807, 2.05) is 13.8 Å². The Morgan fingerprint density at radius 2 is 2.06 bits per heavy atom. The van der Waals surface area contributed by atoms with Crippen LogP contribution in [0.15, 0.2) is 18.2 Å². The fourth-order valence-corrected chi connectivity index (χ4v) is 2.85. The van der Waals surface area contributed by atoms with Gasteiger partial charge in [0.15, 0.2) is 0 Å². The zero-order chi connectivity index (χ0) is 13.1. The van der Waals surface area contributed by atoms with Crippen molar-refractivity contribution < 1.29 is 8.78 Å². The first-order valence-electron chi connectivity index (χ1n) is 6.55. The first-order valence-corrected chi connectivity index (χ1v) is 6.55. The van der Waals surface area contributed by atoms with Gasteiger partial charge < -0.3 is 5.32 Å². The standard InChI is InChI=1S/C14H20F2N2/c1-3-18(11-7-8-17-9-11)10(2)14-12(15)5-4-6-13(14)16/h4-6,10-11,17H,3,7-9H2,1-2H3. The van der Waals surface area contributed by atoms with Crippen molar-refractivity contribution in [2.24, 2.45) is 0 Å². The van der Waals surface area contributed by atoms with Gasteiger partial charge >= 0.3 is 0 Å². The third-order valence-electron chi connectivity index (χ3n) is 3.78. The molecule has 0 aliphatic carbocycles. The number of halogens is 2. The molecule has 2 nitrogen and oxygen atoms in total. The van der Waals surface area contributed by atoms with Crippen molar-refractivity contribution in [2.45, 2.75) is 32.4 Å². The van der Waals surface area contributed by atoms with E-state index < -0.39 is 11.6 Å². The van der Waals surface area contributed by atoms with Crippen molar-refractivity contribution in [3.63, 3.8) is 0 Å². The molecule has 0 bridgehead atoms. The van der Waals surface area contributed by atoms with Crippen LogP contribution in [0, 0.1) is 11.6 Å². The summed E-state index contributed by atoms with van der Waals surface area (Å²) in [6.45, 7) is 6.58. The Hall–Kier alpha value is -1.00. The van der Waals surface area contributed by atoms with E-state index in [9.17, 15) is 8.78 Å². The normalized spacial score (nSPS) is 21.5. The number of hydrogen-bond acceptors (Lipinski definition) is 2. The fraction of sp³-hybridized carbons (Fsp3) is 0.571. The lowest BCUT2D eigenvalue weighted by Crippen LogP contribution is -2.39. The predicted molar refractivity (Wildman–Crippen MR) is 68.4 cm³/mol. The van der Waals surface area contributed by atoms with Gasteiger partial charge in [-0.1, -0.05) is 13.0 Å². The average molecular weight is 254 g/mol. The van der Waals surface area contributed by atoms with E-state index in [1.54, 1.807) is 0 Å². The average Bonchev–Trinajstić information content (AvgIpc) is 2.83. The lowest BCUT2D eigenvalue weighted by molar-refractivity contribution is 0.156. The Bertz CT molecular complexity index is 383. The first kappa shape index (κ1) is 13.4. The molecule has 1 aromatic carbocycles. The van der Waals surface area contributed by atoms with Crippen molar-refractivity contribution in [2.75, 3.05) is 19.6 Å². The van der Waals surface area contributed by atoms with Crippen LogP contribution < -0.4 is 5.32 Å². The van der Waals surface area contributed by atoms with Gasteiger partial charge in [0.05, 0.1) is 0 Å². The Morgan fingerprint density at radius 1 is 1.39 bits per heavy atom. The van der Waals surface area contributed by atoms with Gasteiger partial charge in [0.1, 0.15) is 11.6 Å². The summed E-state index contributed by atoms with van der Waals surface area (Å²) < 4.78 is 27.6. The summed E-state index contributed by atoms with van der Waals surface area (Å²) in [5.41, 5.74) is 0.186. The number of likely N-dealkylation sites (N-methyl/N-ethyl adjacent to an activating group) is 1. The van der Waals surface area contributed by atoms with Gasteiger partial charge in [-0.05, 0) is 38.6 Å². The highest BCUT2D eigenvalue weighted by molar-refractivity contribution is 5.23. The molecule has 1 aliphatic rings. The van der Waals surface area contributed by atoms with Crippen molar-refractivity contribution in [3.8, 4) is 0 Å². The van der Waals surface area contributed by atoms with Crippen molar-refractivity contribution >= 4 is 0 Å². The molecule has 2 rings (SSSR count). The number of hydrogen-bond donors (Lipinski definition) is 1. The maximum absolute atomic E-state index is 13.8. The van der Waals surface area contributed by atoms with E-state index >= 15 is 0 Å². The Labute approximate surface area is 107 Å². The fourth-order valence-electron chi connectivity index (χ4n) is 2.85. The van der Waals surface area contributed by atoms with Crippen molar-refractivity contribution in [1.29, 1.82) is 0 Å². The quantitative estimate of drug-likeness (QED) is 0.888. The van der Waals surface area contributed by atoms with E-state index in [-0.39, 0.29) is 11.6 Å². The second-order valence-corrected chi connectivity index (χ2v) is 4.79. The minimum atomic E-state index is -0.452. The molecule has 0 spiro atoms. The highest BCUT2D eigenvalue weighted by Crippen LogP contribution is 2.28. The molecule has 1 aromatic rings. The molecule has 4 heteroatoms. The van der Waals surface area contributed by atoms with Crippen LogP contribution in [0.3, 0.4) is 0 Å². The molecule has 1 aliphatic heterocycles. The molecule has 0 aromatic heterocycles. The number of rotatable bonds is 4. The molecule has 0 radical (unpaired) electrons. The molecule has 1 saturated heterocycles. The van der Waals surface area contributed by atoms with Crippen LogP contribution in [0.2, 0.25) is 0 Å². The Balaban J connectivity index is 2.25. The van der Waals surface area contributed by atoms with Crippen molar-refractivity contribution in [3.05, 3.63) is 35.4 Å². The largest absolute Gasteiger partial charge is 0.315 e. The van der Waals surface area contributed by atoms with E-state index in [4.69, 9.17) is 0 Å². The van der Waals surface area contributed by atoms with Gasteiger partial charge in [-0.25, -0.2) is 8.78 Å². The lowest BCUT2D eigenvalue weighted by Gasteiger charge is -2.33. The number of nitrogens with zero attached hydrogens (tertiary/aromatic N) is 1. The smallest absolute Gasteiger partial charge is 0.130 e. The topological polar surface area (TPSA) is 15.3 Å². The molecular weight excluding hydrogens is 234 g/mol. The summed E-state index contributed by atoms with van der Waals surface area (Å²) >= 11 is 0. The maximum atomic E-state index is 13.8. The molecule has 2 atom stereocenters. The molecule has 1 N–H and O–H groups in total.